The first-order valence-corrected chi connectivity index (χ1v) is 17.9. The van der Waals surface area contributed by atoms with Crippen LogP contribution in [0, 0.1) is 5.92 Å². The lowest BCUT2D eigenvalue weighted by Gasteiger charge is -2.18. The van der Waals surface area contributed by atoms with E-state index in [1.807, 2.05) is 0 Å². The van der Waals surface area contributed by atoms with Crippen molar-refractivity contribution in [2.75, 3.05) is 46.1 Å². The third-order valence-electron chi connectivity index (χ3n) is 7.96. The normalized spacial score (nSPS) is 15.7. The number of hydrogen-bond donors (Lipinski definition) is 2. The first-order valence-electron chi connectivity index (χ1n) is 16.8. The number of nitrogens with one attached hydrogen (secondary N) is 1. The van der Waals surface area contributed by atoms with Gasteiger partial charge in [0.05, 0.1) is 26.3 Å². The van der Waals surface area contributed by atoms with Crippen LogP contribution in [0.2, 0.25) is 0 Å². The zero-order valence-corrected chi connectivity index (χ0v) is 26.8. The minimum absolute atomic E-state index is 0.0250. The summed E-state index contributed by atoms with van der Waals surface area (Å²) in [6.45, 7) is 9.26. The Morgan fingerprint density at radius 1 is 0.718 bits per heavy atom. The number of carbonyl (C=O) groups excluding carboxylic acids is 1. The molecule has 6 nitrogen and oxygen atoms in total. The summed E-state index contributed by atoms with van der Waals surface area (Å²) in [5.41, 5.74) is 0. The van der Waals surface area contributed by atoms with Crippen LogP contribution in [0.3, 0.4) is 0 Å². The highest BCUT2D eigenvalue weighted by molar-refractivity contribution is 7.40. The van der Waals surface area contributed by atoms with Gasteiger partial charge < -0.3 is 28.4 Å². The lowest BCUT2D eigenvalue weighted by atomic mass is 10.0. The molecule has 0 saturated carbocycles. The van der Waals surface area contributed by atoms with E-state index in [1.165, 1.54) is 135 Å². The molecule has 0 spiro atoms. The summed E-state index contributed by atoms with van der Waals surface area (Å²) in [6, 6.07) is 0. The molecule has 1 aliphatic rings. The second-order valence-corrected chi connectivity index (χ2v) is 12.9. The summed E-state index contributed by atoms with van der Waals surface area (Å²) < 4.78 is 16.8. The number of quaternary nitrogens is 1. The Bertz CT molecular complexity index is 533. The maximum Gasteiger partial charge on any atom is 0.330 e. The van der Waals surface area contributed by atoms with Gasteiger partial charge in [-0.25, -0.2) is 0 Å². The molecule has 2 atom stereocenters. The van der Waals surface area contributed by atoms with E-state index in [1.54, 1.807) is 11.8 Å². The van der Waals surface area contributed by atoms with Crippen LogP contribution in [-0.2, 0) is 18.6 Å². The molecular weight excluding hydrogens is 509 g/mol. The molecule has 1 fully saturated rings. The highest BCUT2D eigenvalue weighted by Crippen LogP contribution is 2.33. The van der Waals surface area contributed by atoms with Gasteiger partial charge in [0.25, 0.3) is 0 Å². The first kappa shape index (κ1) is 36.9. The molecule has 1 rings (SSSR count). The second kappa shape index (κ2) is 28.0. The van der Waals surface area contributed by atoms with Gasteiger partial charge in [-0.05, 0) is 13.3 Å². The van der Waals surface area contributed by atoms with Crippen molar-refractivity contribution >= 4 is 14.4 Å². The Hall–Kier alpha value is -0.100. The third-order valence-corrected chi connectivity index (χ3v) is 8.73. The number of rotatable bonds is 30. The van der Waals surface area contributed by atoms with Crippen molar-refractivity contribution in [3.63, 3.8) is 0 Å². The standard InChI is InChI=1S/C32H64NO5P/c1-3-4-5-6-7-8-9-10-11-12-13-14-15-16-17-18-19-22-26-36-29-32(28-31(2)34)30-38-39(35)37-27-25-33-23-20-21-24-33/h32,35H,3-30H2,1-2H3/p+1. The smallest absolute Gasteiger partial charge is 0.330 e. The van der Waals surface area contributed by atoms with Crippen LogP contribution in [0.1, 0.15) is 149 Å². The molecule has 0 bridgehead atoms. The van der Waals surface area contributed by atoms with Crippen LogP contribution >= 0.6 is 8.60 Å². The van der Waals surface area contributed by atoms with Crippen LogP contribution < -0.4 is 4.90 Å². The van der Waals surface area contributed by atoms with Gasteiger partial charge in [-0.3, -0.25) is 0 Å². The highest BCUT2D eigenvalue weighted by atomic mass is 31.2. The van der Waals surface area contributed by atoms with E-state index in [4.69, 9.17) is 13.8 Å². The zero-order valence-electron chi connectivity index (χ0n) is 25.9. The van der Waals surface area contributed by atoms with Gasteiger partial charge in [0.15, 0.2) is 0 Å². The Balaban J connectivity index is 1.86. The molecule has 0 amide bonds. The molecular formula is C32H65NO5P+. The summed E-state index contributed by atoms with van der Waals surface area (Å²) in [6.07, 6.45) is 27.7. The number of likely N-dealkylation sites (tertiary alicyclic amines) is 1. The van der Waals surface area contributed by atoms with Crippen molar-refractivity contribution in [3.05, 3.63) is 0 Å². The quantitative estimate of drug-likeness (QED) is 0.0684. The van der Waals surface area contributed by atoms with E-state index in [-0.39, 0.29) is 11.7 Å². The molecule has 1 saturated heterocycles. The Labute approximate surface area is 243 Å². The maximum atomic E-state index is 11.6. The average Bonchev–Trinajstić information content (AvgIpc) is 3.44. The highest BCUT2D eigenvalue weighted by Gasteiger charge is 2.18. The summed E-state index contributed by atoms with van der Waals surface area (Å²) in [5, 5.41) is 0. The molecule has 2 N–H and O–H groups in total. The van der Waals surface area contributed by atoms with Gasteiger partial charge in [0.1, 0.15) is 18.9 Å². The topological polar surface area (TPSA) is 69.4 Å². The average molecular weight is 575 g/mol. The van der Waals surface area contributed by atoms with Gasteiger partial charge in [0, 0.05) is 31.8 Å². The molecule has 0 aromatic rings. The van der Waals surface area contributed by atoms with E-state index in [9.17, 15) is 9.69 Å². The molecule has 2 unspecified atom stereocenters. The summed E-state index contributed by atoms with van der Waals surface area (Å²) in [4.78, 5) is 23.2. The van der Waals surface area contributed by atoms with Gasteiger partial charge in [-0.2, -0.15) is 0 Å². The molecule has 1 heterocycles. The number of hydrogen-bond acceptors (Lipinski definition) is 5. The van der Waals surface area contributed by atoms with Crippen LogP contribution in [0.5, 0.6) is 0 Å². The Morgan fingerprint density at radius 2 is 1.21 bits per heavy atom. The van der Waals surface area contributed by atoms with Crippen molar-refractivity contribution in [1.29, 1.82) is 0 Å². The van der Waals surface area contributed by atoms with E-state index in [0.717, 1.165) is 19.6 Å². The lowest BCUT2D eigenvalue weighted by Crippen LogP contribution is -3.10. The summed E-state index contributed by atoms with van der Waals surface area (Å²) >= 11 is 0. The van der Waals surface area contributed by atoms with E-state index >= 15 is 0 Å². The molecule has 0 aromatic carbocycles. The van der Waals surface area contributed by atoms with E-state index < -0.39 is 8.60 Å². The third kappa shape index (κ3) is 25.3. The van der Waals surface area contributed by atoms with Crippen molar-refractivity contribution < 1.29 is 28.4 Å². The van der Waals surface area contributed by atoms with Crippen LogP contribution in [-0.4, -0.2) is 56.7 Å². The maximum absolute atomic E-state index is 11.6. The Kier molecular flexibility index (Phi) is 26.5. The molecule has 0 radical (unpaired) electrons. The first-order chi connectivity index (χ1) is 19.1. The fourth-order valence-corrected chi connectivity index (χ4v) is 6.19. The van der Waals surface area contributed by atoms with E-state index in [0.29, 0.717) is 26.2 Å². The lowest BCUT2D eigenvalue weighted by molar-refractivity contribution is -0.887. The van der Waals surface area contributed by atoms with Crippen LogP contribution in [0.4, 0.5) is 0 Å². The van der Waals surface area contributed by atoms with Gasteiger partial charge >= 0.3 is 8.60 Å². The van der Waals surface area contributed by atoms with Crippen molar-refractivity contribution in [2.24, 2.45) is 5.92 Å². The second-order valence-electron chi connectivity index (χ2n) is 11.9. The van der Waals surface area contributed by atoms with Crippen molar-refractivity contribution in [3.8, 4) is 0 Å². The van der Waals surface area contributed by atoms with Gasteiger partial charge in [-0.15, -0.1) is 0 Å². The molecule has 232 valence electrons. The monoisotopic (exact) mass is 574 g/mol. The van der Waals surface area contributed by atoms with Gasteiger partial charge in [-0.1, -0.05) is 116 Å². The summed E-state index contributed by atoms with van der Waals surface area (Å²) in [5.74, 6) is 0.101. The minimum Gasteiger partial charge on any atom is -0.381 e. The van der Waals surface area contributed by atoms with Crippen molar-refractivity contribution in [2.45, 2.75) is 149 Å². The number of Topliss-reactive ketones (excluding diaryl/α,β-unsaturated/α-hetero) is 1. The molecule has 1 aliphatic heterocycles. The van der Waals surface area contributed by atoms with Crippen LogP contribution in [0.15, 0.2) is 0 Å². The van der Waals surface area contributed by atoms with E-state index in [2.05, 4.69) is 6.92 Å². The molecule has 39 heavy (non-hydrogen) atoms. The fraction of sp³-hybridized carbons (Fsp3) is 0.969. The molecule has 0 aliphatic carbocycles. The minimum atomic E-state index is -1.88. The number of ether oxygens (including phenoxy) is 1. The number of ketones is 1. The SMILES string of the molecule is CCCCCCCCCCCCCCCCCCCCOCC(COP(O)OCC[NH+]1CCCC1)CC(C)=O. The summed E-state index contributed by atoms with van der Waals surface area (Å²) in [7, 11) is -1.88. The van der Waals surface area contributed by atoms with Gasteiger partial charge in [0.2, 0.25) is 0 Å². The number of carbonyl (C=O) groups is 1. The van der Waals surface area contributed by atoms with Crippen molar-refractivity contribution in [1.82, 2.24) is 0 Å². The fourth-order valence-electron chi connectivity index (χ4n) is 5.53. The zero-order chi connectivity index (χ0) is 28.2. The number of unbranched alkanes of at least 4 members (excludes halogenated alkanes) is 17. The predicted molar refractivity (Wildman–Crippen MR) is 164 cm³/mol. The molecule has 7 heteroatoms. The largest absolute Gasteiger partial charge is 0.381 e. The predicted octanol–water partition coefficient (Wildman–Crippen LogP) is 7.57. The Morgan fingerprint density at radius 3 is 1.69 bits per heavy atom. The molecule has 0 aromatic heterocycles. The van der Waals surface area contributed by atoms with Crippen LogP contribution in [0.25, 0.3) is 0 Å².